The average molecular weight is 399 g/mol. The topological polar surface area (TPSA) is 44.4 Å². The Bertz CT molecular complexity index is 725. The quantitative estimate of drug-likeness (QED) is 0.657. The highest BCUT2D eigenvalue weighted by molar-refractivity contribution is 5.27. The summed E-state index contributed by atoms with van der Waals surface area (Å²) < 4.78 is 5.25. The summed E-state index contributed by atoms with van der Waals surface area (Å²) in [6.45, 7) is 10.2. The van der Waals surface area contributed by atoms with Crippen LogP contribution in [0.5, 0.6) is 5.75 Å². The predicted molar refractivity (Wildman–Crippen MR) is 119 cm³/mol. The van der Waals surface area contributed by atoms with Gasteiger partial charge in [-0.15, -0.1) is 0 Å². The molecule has 1 atom stereocenters. The van der Waals surface area contributed by atoms with Crippen LogP contribution in [0.4, 0.5) is 0 Å². The molecule has 160 valence electrons. The van der Waals surface area contributed by atoms with E-state index in [0.29, 0.717) is 5.92 Å². The van der Waals surface area contributed by atoms with Gasteiger partial charge in [0, 0.05) is 31.9 Å². The Morgan fingerprint density at radius 2 is 2.07 bits per heavy atom. The maximum absolute atomic E-state index is 5.25. The Hall–Kier alpha value is -1.85. The molecular weight excluding hydrogens is 360 g/mol. The molecule has 1 aliphatic rings. The Balaban J connectivity index is 1.41. The van der Waals surface area contributed by atoms with Crippen molar-refractivity contribution in [3.8, 4) is 5.75 Å². The summed E-state index contributed by atoms with van der Waals surface area (Å²) in [5, 5.41) is 7.69. The molecule has 3 rings (SSSR count). The lowest BCUT2D eigenvalue weighted by Gasteiger charge is -2.34. The summed E-state index contributed by atoms with van der Waals surface area (Å²) in [6.07, 6.45) is 4.81. The third-order valence-electron chi connectivity index (χ3n) is 5.79. The number of likely N-dealkylation sites (tertiary alicyclic amines) is 1. The number of benzene rings is 1. The van der Waals surface area contributed by atoms with Gasteiger partial charge in [-0.3, -0.25) is 5.10 Å². The fourth-order valence-electron chi connectivity index (χ4n) is 4.39. The zero-order valence-corrected chi connectivity index (χ0v) is 18.7. The SMILES string of the molecule is COc1ccc(CCN2CCC[C@@H](CN(C)Cc3cc(CC(C)C)n[nH]3)C2)cc1. The molecule has 0 spiro atoms. The second-order valence-electron chi connectivity index (χ2n) is 9.09. The van der Waals surface area contributed by atoms with Crippen LogP contribution in [-0.2, 0) is 19.4 Å². The van der Waals surface area contributed by atoms with Crippen molar-refractivity contribution in [2.24, 2.45) is 11.8 Å². The number of piperidine rings is 1. The second kappa shape index (κ2) is 10.8. The lowest BCUT2D eigenvalue weighted by atomic mass is 9.97. The van der Waals surface area contributed by atoms with E-state index in [1.54, 1.807) is 7.11 Å². The van der Waals surface area contributed by atoms with Crippen LogP contribution < -0.4 is 4.74 Å². The monoisotopic (exact) mass is 398 g/mol. The van der Waals surface area contributed by atoms with E-state index in [0.717, 1.165) is 44.1 Å². The van der Waals surface area contributed by atoms with Gasteiger partial charge in [0.05, 0.1) is 12.8 Å². The van der Waals surface area contributed by atoms with Crippen LogP contribution in [0.2, 0.25) is 0 Å². The third-order valence-corrected chi connectivity index (χ3v) is 5.79. The number of nitrogens with one attached hydrogen (secondary N) is 1. The lowest BCUT2D eigenvalue weighted by molar-refractivity contribution is 0.142. The standard InChI is InChI=1S/C24H38N4O/c1-19(2)14-22-15-23(26-25-22)18-27(3)16-21-6-5-12-28(17-21)13-11-20-7-9-24(29-4)10-8-20/h7-10,15,19,21H,5-6,11-14,16-18H2,1-4H3,(H,25,26)/t21-/m0/s1. The molecule has 0 saturated carbocycles. The molecule has 5 nitrogen and oxygen atoms in total. The van der Waals surface area contributed by atoms with Crippen molar-refractivity contribution in [3.63, 3.8) is 0 Å². The van der Waals surface area contributed by atoms with Gasteiger partial charge in [-0.25, -0.2) is 0 Å². The highest BCUT2D eigenvalue weighted by Crippen LogP contribution is 2.19. The normalized spacial score (nSPS) is 17.9. The molecule has 0 bridgehead atoms. The maximum Gasteiger partial charge on any atom is 0.118 e. The van der Waals surface area contributed by atoms with E-state index in [2.05, 4.69) is 71.2 Å². The fraction of sp³-hybridized carbons (Fsp3) is 0.625. The van der Waals surface area contributed by atoms with Crippen molar-refractivity contribution >= 4 is 0 Å². The number of methoxy groups -OCH3 is 1. The molecule has 1 aromatic heterocycles. The molecule has 1 fully saturated rings. The van der Waals surface area contributed by atoms with Crippen LogP contribution in [0.15, 0.2) is 30.3 Å². The number of ether oxygens (including phenoxy) is 1. The van der Waals surface area contributed by atoms with Gasteiger partial charge in [0.2, 0.25) is 0 Å². The molecular formula is C24H38N4O. The van der Waals surface area contributed by atoms with Gasteiger partial charge in [-0.1, -0.05) is 26.0 Å². The molecule has 1 aliphatic heterocycles. The number of hydrogen-bond acceptors (Lipinski definition) is 4. The van der Waals surface area contributed by atoms with Crippen LogP contribution >= 0.6 is 0 Å². The zero-order chi connectivity index (χ0) is 20.6. The minimum atomic E-state index is 0.648. The zero-order valence-electron chi connectivity index (χ0n) is 18.7. The highest BCUT2D eigenvalue weighted by atomic mass is 16.5. The average Bonchev–Trinajstić information content (AvgIpc) is 3.12. The Morgan fingerprint density at radius 3 is 2.79 bits per heavy atom. The van der Waals surface area contributed by atoms with Crippen LogP contribution in [0.1, 0.15) is 43.6 Å². The number of aromatic nitrogens is 2. The van der Waals surface area contributed by atoms with E-state index in [9.17, 15) is 0 Å². The van der Waals surface area contributed by atoms with Gasteiger partial charge in [-0.2, -0.15) is 5.10 Å². The minimum absolute atomic E-state index is 0.648. The van der Waals surface area contributed by atoms with Gasteiger partial charge in [0.25, 0.3) is 0 Å². The van der Waals surface area contributed by atoms with E-state index in [1.165, 1.54) is 42.9 Å². The minimum Gasteiger partial charge on any atom is -0.497 e. The molecule has 2 aromatic rings. The summed E-state index contributed by atoms with van der Waals surface area (Å²) in [4.78, 5) is 5.09. The first-order chi connectivity index (χ1) is 14.0. The highest BCUT2D eigenvalue weighted by Gasteiger charge is 2.21. The van der Waals surface area contributed by atoms with Crippen molar-refractivity contribution in [2.75, 3.05) is 40.3 Å². The molecule has 0 amide bonds. The first-order valence-electron chi connectivity index (χ1n) is 11.1. The van der Waals surface area contributed by atoms with E-state index < -0.39 is 0 Å². The smallest absolute Gasteiger partial charge is 0.118 e. The van der Waals surface area contributed by atoms with Gasteiger partial charge >= 0.3 is 0 Å². The Morgan fingerprint density at radius 1 is 1.28 bits per heavy atom. The number of aromatic amines is 1. The van der Waals surface area contributed by atoms with Gasteiger partial charge in [0.1, 0.15) is 5.75 Å². The van der Waals surface area contributed by atoms with Crippen molar-refractivity contribution < 1.29 is 4.74 Å². The molecule has 2 heterocycles. The third kappa shape index (κ3) is 7.16. The molecule has 0 radical (unpaired) electrons. The summed E-state index contributed by atoms with van der Waals surface area (Å²) >= 11 is 0. The first kappa shape index (κ1) is 21.8. The van der Waals surface area contributed by atoms with Gasteiger partial charge < -0.3 is 14.5 Å². The van der Waals surface area contributed by atoms with Gasteiger partial charge in [-0.05, 0) is 74.9 Å². The summed E-state index contributed by atoms with van der Waals surface area (Å²) in [5.74, 6) is 2.33. The molecule has 1 saturated heterocycles. The van der Waals surface area contributed by atoms with Crippen LogP contribution in [-0.4, -0.2) is 60.3 Å². The second-order valence-corrected chi connectivity index (χ2v) is 9.09. The summed E-state index contributed by atoms with van der Waals surface area (Å²) in [5.41, 5.74) is 3.81. The molecule has 29 heavy (non-hydrogen) atoms. The molecule has 5 heteroatoms. The number of H-pyrrole nitrogens is 1. The van der Waals surface area contributed by atoms with E-state index in [4.69, 9.17) is 4.74 Å². The van der Waals surface area contributed by atoms with Gasteiger partial charge in [0.15, 0.2) is 0 Å². The van der Waals surface area contributed by atoms with Crippen molar-refractivity contribution in [1.82, 2.24) is 20.0 Å². The number of hydrogen-bond donors (Lipinski definition) is 1. The number of nitrogens with zero attached hydrogens (tertiary/aromatic N) is 3. The van der Waals surface area contributed by atoms with E-state index in [-0.39, 0.29) is 0 Å². The molecule has 0 unspecified atom stereocenters. The Labute approximate surface area is 176 Å². The van der Waals surface area contributed by atoms with Crippen LogP contribution in [0.3, 0.4) is 0 Å². The molecule has 0 aliphatic carbocycles. The lowest BCUT2D eigenvalue weighted by Crippen LogP contribution is -2.40. The summed E-state index contributed by atoms with van der Waals surface area (Å²) in [7, 11) is 3.95. The maximum atomic E-state index is 5.25. The molecule has 1 N–H and O–H groups in total. The fourth-order valence-corrected chi connectivity index (χ4v) is 4.39. The summed E-state index contributed by atoms with van der Waals surface area (Å²) in [6, 6.07) is 10.7. The van der Waals surface area contributed by atoms with E-state index >= 15 is 0 Å². The molecule has 1 aromatic carbocycles. The van der Waals surface area contributed by atoms with E-state index in [1.807, 2.05) is 0 Å². The van der Waals surface area contributed by atoms with Crippen molar-refractivity contribution in [1.29, 1.82) is 0 Å². The number of rotatable bonds is 10. The Kier molecular flexibility index (Phi) is 8.13. The predicted octanol–water partition coefficient (Wildman–Crippen LogP) is 4.00. The van der Waals surface area contributed by atoms with Crippen LogP contribution in [0, 0.1) is 11.8 Å². The van der Waals surface area contributed by atoms with Crippen molar-refractivity contribution in [2.45, 2.75) is 46.1 Å². The van der Waals surface area contributed by atoms with Crippen molar-refractivity contribution in [3.05, 3.63) is 47.3 Å². The van der Waals surface area contributed by atoms with Crippen LogP contribution in [0.25, 0.3) is 0 Å². The first-order valence-corrected chi connectivity index (χ1v) is 11.1. The largest absolute Gasteiger partial charge is 0.497 e.